The Morgan fingerprint density at radius 1 is 1.06 bits per heavy atom. The molecule has 0 fully saturated rings. The first kappa shape index (κ1) is 20.9. The van der Waals surface area contributed by atoms with Crippen LogP contribution < -0.4 is 10.3 Å². The fourth-order valence-corrected chi connectivity index (χ4v) is 4.00. The van der Waals surface area contributed by atoms with Crippen LogP contribution in [-0.4, -0.2) is 28.5 Å². The monoisotopic (exact) mass is 450 g/mol. The summed E-state index contributed by atoms with van der Waals surface area (Å²) in [7, 11) is -1.89. The third kappa shape index (κ3) is 3.76. The number of halogens is 3. The molecule has 0 saturated heterocycles. The molecule has 0 bridgehead atoms. The molecule has 1 N–H and O–H groups in total. The molecule has 2 heterocycles. The summed E-state index contributed by atoms with van der Waals surface area (Å²) in [5.41, 5.74) is 0.0118. The molecule has 4 aromatic rings. The molecule has 31 heavy (non-hydrogen) atoms. The molecule has 0 saturated carbocycles. The minimum atomic E-state index is -4.50. The van der Waals surface area contributed by atoms with Gasteiger partial charge < -0.3 is 0 Å². The van der Waals surface area contributed by atoms with Gasteiger partial charge in [-0.2, -0.15) is 18.3 Å². The van der Waals surface area contributed by atoms with Crippen LogP contribution in [0.25, 0.3) is 27.5 Å². The van der Waals surface area contributed by atoms with Crippen LogP contribution in [0.15, 0.2) is 53.5 Å². The van der Waals surface area contributed by atoms with Crippen LogP contribution >= 0.6 is 0 Å². The highest BCUT2D eigenvalue weighted by Gasteiger charge is 2.30. The zero-order valence-corrected chi connectivity index (χ0v) is 17.3. The number of hydrogen-bond acceptors (Lipinski definition) is 4. The fourth-order valence-electron chi connectivity index (χ4n) is 3.37. The van der Waals surface area contributed by atoms with Gasteiger partial charge in [-0.1, -0.05) is 0 Å². The van der Waals surface area contributed by atoms with Crippen molar-refractivity contribution in [3.63, 3.8) is 0 Å². The van der Waals surface area contributed by atoms with Crippen molar-refractivity contribution in [3.05, 3.63) is 64.6 Å². The maximum atomic E-state index is 13.2. The van der Waals surface area contributed by atoms with Gasteiger partial charge in [0, 0.05) is 30.0 Å². The third-order valence-corrected chi connectivity index (χ3v) is 6.17. The summed E-state index contributed by atoms with van der Waals surface area (Å²) in [5, 5.41) is 5.05. The van der Waals surface area contributed by atoms with Crippen molar-refractivity contribution in [1.29, 1.82) is 0 Å². The normalized spacial score (nSPS) is 12.5. The number of nitrogens with zero attached hydrogens (tertiary/aromatic N) is 3. The van der Waals surface area contributed by atoms with Crippen LogP contribution in [-0.2, 0) is 23.2 Å². The summed E-state index contributed by atoms with van der Waals surface area (Å²) < 4.78 is 67.9. The molecule has 0 atom stereocenters. The molecule has 162 valence electrons. The van der Waals surface area contributed by atoms with Crippen LogP contribution in [0.1, 0.15) is 12.5 Å². The van der Waals surface area contributed by atoms with Crippen molar-refractivity contribution in [1.82, 2.24) is 14.3 Å². The van der Waals surface area contributed by atoms with Gasteiger partial charge in [0.2, 0.25) is 10.0 Å². The fraction of sp³-hybridized carbons (Fsp3) is 0.200. The number of anilines is 1. The molecule has 11 heteroatoms. The number of aromatic nitrogens is 3. The molecule has 0 amide bonds. The van der Waals surface area contributed by atoms with Gasteiger partial charge in [0.25, 0.3) is 5.56 Å². The second-order valence-corrected chi connectivity index (χ2v) is 9.00. The van der Waals surface area contributed by atoms with E-state index in [1.54, 1.807) is 13.1 Å². The molecule has 2 aromatic carbocycles. The maximum absolute atomic E-state index is 13.2. The lowest BCUT2D eigenvalue weighted by molar-refractivity contribution is -0.137. The van der Waals surface area contributed by atoms with Crippen molar-refractivity contribution in [2.75, 3.05) is 10.5 Å². The molecule has 0 unspecified atom stereocenters. The Balaban J connectivity index is 2.00. The standard InChI is InChI=1S/C20H17F3N4O3S/c1-3-31(29,30)25-13-6-9-17-15(10-13)18-16(11-26(2)24-18)19(28)27(17)14-7-4-12(5-8-14)20(21,22)23/h4-11,25H,3H2,1-2H3. The van der Waals surface area contributed by atoms with E-state index in [2.05, 4.69) is 9.82 Å². The minimum absolute atomic E-state index is 0.116. The second-order valence-electron chi connectivity index (χ2n) is 6.99. The lowest BCUT2D eigenvalue weighted by Crippen LogP contribution is -2.19. The summed E-state index contributed by atoms with van der Waals surface area (Å²) in [6.07, 6.45) is -2.98. The summed E-state index contributed by atoms with van der Waals surface area (Å²) >= 11 is 0. The summed E-state index contributed by atoms with van der Waals surface area (Å²) in [4.78, 5) is 13.2. The molecule has 0 aliphatic heterocycles. The van der Waals surface area contributed by atoms with Crippen molar-refractivity contribution in [2.45, 2.75) is 13.1 Å². The first-order valence-electron chi connectivity index (χ1n) is 9.20. The molecular formula is C20H17F3N4O3S. The van der Waals surface area contributed by atoms with Crippen molar-refractivity contribution in [2.24, 2.45) is 7.05 Å². The molecule has 0 aliphatic carbocycles. The van der Waals surface area contributed by atoms with Gasteiger partial charge in [-0.3, -0.25) is 18.8 Å². The zero-order valence-electron chi connectivity index (χ0n) is 16.4. The molecular weight excluding hydrogens is 433 g/mol. The van der Waals surface area contributed by atoms with E-state index in [0.717, 1.165) is 12.1 Å². The van der Waals surface area contributed by atoms with Crippen LogP contribution in [0, 0.1) is 0 Å². The Bertz CT molecular complexity index is 1470. The summed E-state index contributed by atoms with van der Waals surface area (Å²) in [6, 6.07) is 8.84. The molecule has 0 aliphatic rings. The Morgan fingerprint density at radius 3 is 2.35 bits per heavy atom. The number of pyridine rings is 1. The van der Waals surface area contributed by atoms with E-state index in [0.29, 0.717) is 22.1 Å². The topological polar surface area (TPSA) is 86.0 Å². The van der Waals surface area contributed by atoms with E-state index in [-0.39, 0.29) is 16.8 Å². The average Bonchev–Trinajstić information content (AvgIpc) is 3.10. The Kier molecular flexibility index (Phi) is 4.80. The first-order chi connectivity index (χ1) is 14.5. The number of benzene rings is 2. The quantitative estimate of drug-likeness (QED) is 0.514. The SMILES string of the molecule is CCS(=O)(=O)Nc1ccc2c(c1)c1nn(C)cc1c(=O)n2-c1ccc(C(F)(F)F)cc1. The van der Waals surface area contributed by atoms with E-state index in [1.807, 2.05) is 0 Å². The van der Waals surface area contributed by atoms with Gasteiger partial charge in [-0.15, -0.1) is 0 Å². The highest BCUT2D eigenvalue weighted by atomic mass is 32.2. The summed E-state index contributed by atoms with van der Waals surface area (Å²) in [6.45, 7) is 1.50. The van der Waals surface area contributed by atoms with Crippen molar-refractivity contribution in [3.8, 4) is 5.69 Å². The smallest absolute Gasteiger partial charge is 0.284 e. The number of aryl methyl sites for hydroxylation is 1. The average molecular weight is 450 g/mol. The van der Waals surface area contributed by atoms with Crippen molar-refractivity contribution >= 4 is 37.5 Å². The number of fused-ring (bicyclic) bond motifs is 3. The maximum Gasteiger partial charge on any atom is 0.416 e. The minimum Gasteiger partial charge on any atom is -0.284 e. The van der Waals surface area contributed by atoms with Crippen LogP contribution in [0.3, 0.4) is 0 Å². The Hall–Kier alpha value is -3.34. The predicted molar refractivity (Wildman–Crippen MR) is 112 cm³/mol. The molecule has 7 nitrogen and oxygen atoms in total. The lowest BCUT2D eigenvalue weighted by atomic mass is 10.1. The van der Waals surface area contributed by atoms with Crippen LogP contribution in [0.5, 0.6) is 0 Å². The van der Waals surface area contributed by atoms with E-state index in [9.17, 15) is 26.4 Å². The van der Waals surface area contributed by atoms with Gasteiger partial charge in [-0.25, -0.2) is 8.42 Å². The molecule has 4 rings (SSSR count). The second kappa shape index (κ2) is 7.12. The number of hydrogen-bond donors (Lipinski definition) is 1. The molecule has 0 spiro atoms. The lowest BCUT2D eigenvalue weighted by Gasteiger charge is -2.14. The Labute approximate surface area is 174 Å². The van der Waals surface area contributed by atoms with Crippen LogP contribution in [0.4, 0.5) is 18.9 Å². The number of rotatable bonds is 4. The largest absolute Gasteiger partial charge is 0.416 e. The number of nitrogens with one attached hydrogen (secondary N) is 1. The van der Waals surface area contributed by atoms with Crippen LogP contribution in [0.2, 0.25) is 0 Å². The highest BCUT2D eigenvalue weighted by molar-refractivity contribution is 7.92. The van der Waals surface area contributed by atoms with E-state index in [4.69, 9.17) is 0 Å². The highest BCUT2D eigenvalue weighted by Crippen LogP contribution is 2.31. The van der Waals surface area contributed by atoms with Gasteiger partial charge in [-0.05, 0) is 49.4 Å². The van der Waals surface area contributed by atoms with E-state index >= 15 is 0 Å². The van der Waals surface area contributed by atoms with Gasteiger partial charge >= 0.3 is 6.18 Å². The summed E-state index contributed by atoms with van der Waals surface area (Å²) in [5.74, 6) is -0.116. The van der Waals surface area contributed by atoms with E-state index in [1.165, 1.54) is 46.6 Å². The number of alkyl halides is 3. The third-order valence-electron chi connectivity index (χ3n) is 4.86. The predicted octanol–water partition coefficient (Wildman–Crippen LogP) is 3.66. The first-order valence-corrected chi connectivity index (χ1v) is 10.9. The van der Waals surface area contributed by atoms with E-state index < -0.39 is 27.3 Å². The zero-order chi connectivity index (χ0) is 22.6. The van der Waals surface area contributed by atoms with Crippen molar-refractivity contribution < 1.29 is 21.6 Å². The molecule has 2 aromatic heterocycles. The van der Waals surface area contributed by atoms with Gasteiger partial charge in [0.05, 0.1) is 22.2 Å². The van der Waals surface area contributed by atoms with Gasteiger partial charge in [0.1, 0.15) is 5.52 Å². The van der Waals surface area contributed by atoms with Gasteiger partial charge in [0.15, 0.2) is 0 Å². The Morgan fingerprint density at radius 2 is 1.74 bits per heavy atom. The molecule has 0 radical (unpaired) electrons. The number of sulfonamides is 1.